The first kappa shape index (κ1) is 17.0. The molecule has 0 aliphatic rings. The fourth-order valence-corrected chi connectivity index (χ4v) is 2.28. The van der Waals surface area contributed by atoms with Gasteiger partial charge in [-0.15, -0.1) is 0 Å². The van der Waals surface area contributed by atoms with Crippen molar-refractivity contribution in [3.63, 3.8) is 0 Å². The molecule has 0 spiro atoms. The van der Waals surface area contributed by atoms with Crippen molar-refractivity contribution >= 4 is 27.5 Å². The van der Waals surface area contributed by atoms with Gasteiger partial charge in [0.2, 0.25) is 0 Å². The molecular weight excluding hydrogens is 370 g/mol. The van der Waals surface area contributed by atoms with Crippen LogP contribution in [0.5, 0.6) is 5.75 Å². The normalized spacial score (nSPS) is 11.5. The molecule has 0 aromatic carbocycles. The molecule has 0 radical (unpaired) electrons. The third kappa shape index (κ3) is 3.87. The van der Waals surface area contributed by atoms with E-state index in [0.717, 1.165) is 16.6 Å². The predicted octanol–water partition coefficient (Wildman–Crippen LogP) is 3.52. The lowest BCUT2D eigenvalue weighted by Gasteiger charge is -2.21. The first-order valence-corrected chi connectivity index (χ1v) is 8.23. The third-order valence-corrected chi connectivity index (χ3v) is 3.93. The SMILES string of the molecule is CC(C)(C)n1ncc(OCc2ccc(CBr)cn2)c(Cl)c1=O. The highest BCUT2D eigenvalue weighted by atomic mass is 79.9. The number of hydrogen-bond acceptors (Lipinski definition) is 4. The minimum Gasteiger partial charge on any atom is -0.484 e. The topological polar surface area (TPSA) is 57.0 Å². The number of nitrogens with zero attached hydrogens (tertiary/aromatic N) is 3. The summed E-state index contributed by atoms with van der Waals surface area (Å²) in [6.45, 7) is 5.87. The molecular formula is C15H17BrClN3O2. The van der Waals surface area contributed by atoms with Crippen molar-refractivity contribution in [1.29, 1.82) is 0 Å². The van der Waals surface area contributed by atoms with Gasteiger partial charge >= 0.3 is 0 Å². The van der Waals surface area contributed by atoms with Gasteiger partial charge in [0.05, 0.1) is 17.4 Å². The second kappa shape index (κ2) is 6.79. The summed E-state index contributed by atoms with van der Waals surface area (Å²) in [5.74, 6) is 0.263. The maximum absolute atomic E-state index is 12.2. The molecule has 5 nitrogen and oxygen atoms in total. The molecule has 0 saturated carbocycles. The number of halogens is 2. The number of alkyl halides is 1. The standard InChI is InChI=1S/C15H17BrClN3O2/c1-15(2,3)20-14(21)13(17)12(8-19-20)22-9-11-5-4-10(6-16)7-18-11/h4-5,7-8H,6,9H2,1-3H3. The van der Waals surface area contributed by atoms with Crippen LogP contribution >= 0.6 is 27.5 Å². The summed E-state index contributed by atoms with van der Waals surface area (Å²) in [5, 5.41) is 4.90. The summed E-state index contributed by atoms with van der Waals surface area (Å²) in [5.41, 5.74) is 1.03. The highest BCUT2D eigenvalue weighted by Crippen LogP contribution is 2.21. The minimum atomic E-state index is -0.438. The molecule has 2 rings (SSSR count). The fraction of sp³-hybridized carbons (Fsp3) is 0.400. The van der Waals surface area contributed by atoms with Gasteiger partial charge < -0.3 is 4.74 Å². The number of aromatic nitrogens is 3. The van der Waals surface area contributed by atoms with Crippen molar-refractivity contribution < 1.29 is 4.74 Å². The Hall–Kier alpha value is -1.40. The molecule has 0 unspecified atom stereocenters. The van der Waals surface area contributed by atoms with Crippen LogP contribution < -0.4 is 10.3 Å². The molecule has 22 heavy (non-hydrogen) atoms. The maximum atomic E-state index is 12.2. The molecule has 0 aliphatic carbocycles. The van der Waals surface area contributed by atoms with E-state index in [2.05, 4.69) is 26.0 Å². The largest absolute Gasteiger partial charge is 0.484 e. The lowest BCUT2D eigenvalue weighted by Crippen LogP contribution is -2.36. The molecule has 0 amide bonds. The van der Waals surface area contributed by atoms with Gasteiger partial charge in [0, 0.05) is 11.5 Å². The minimum absolute atomic E-state index is 0.0296. The van der Waals surface area contributed by atoms with Gasteiger partial charge in [-0.2, -0.15) is 5.10 Å². The first-order valence-electron chi connectivity index (χ1n) is 6.74. The molecule has 0 aliphatic heterocycles. The van der Waals surface area contributed by atoms with Crippen LogP contribution in [0.25, 0.3) is 0 Å². The van der Waals surface area contributed by atoms with Crippen LogP contribution in [0.1, 0.15) is 32.0 Å². The van der Waals surface area contributed by atoms with Crippen molar-refractivity contribution in [3.8, 4) is 5.75 Å². The monoisotopic (exact) mass is 385 g/mol. The van der Waals surface area contributed by atoms with Crippen molar-refractivity contribution in [2.45, 2.75) is 38.2 Å². The fourth-order valence-electron chi connectivity index (χ4n) is 1.77. The van der Waals surface area contributed by atoms with E-state index in [-0.39, 0.29) is 22.9 Å². The number of ether oxygens (including phenoxy) is 1. The van der Waals surface area contributed by atoms with Crippen molar-refractivity contribution in [2.24, 2.45) is 0 Å². The lowest BCUT2D eigenvalue weighted by atomic mass is 10.1. The summed E-state index contributed by atoms with van der Waals surface area (Å²) >= 11 is 9.46. The van der Waals surface area contributed by atoms with Gasteiger partial charge in [0.1, 0.15) is 6.61 Å². The summed E-state index contributed by atoms with van der Waals surface area (Å²) in [6, 6.07) is 3.83. The highest BCUT2D eigenvalue weighted by molar-refractivity contribution is 9.08. The van der Waals surface area contributed by atoms with Gasteiger partial charge in [-0.1, -0.05) is 33.6 Å². The molecule has 0 saturated heterocycles. The molecule has 2 heterocycles. The molecule has 0 atom stereocenters. The Morgan fingerprint density at radius 1 is 1.32 bits per heavy atom. The van der Waals surface area contributed by atoms with Crippen LogP contribution in [-0.4, -0.2) is 14.8 Å². The molecule has 0 fully saturated rings. The number of pyridine rings is 1. The summed E-state index contributed by atoms with van der Waals surface area (Å²) < 4.78 is 6.90. The Labute approximate surface area is 142 Å². The quantitative estimate of drug-likeness (QED) is 0.754. The van der Waals surface area contributed by atoms with Crippen LogP contribution in [0.3, 0.4) is 0 Å². The van der Waals surface area contributed by atoms with Crippen LogP contribution in [0.4, 0.5) is 0 Å². The van der Waals surface area contributed by atoms with Crippen molar-refractivity contribution in [3.05, 3.63) is 51.2 Å². The van der Waals surface area contributed by atoms with E-state index in [1.165, 1.54) is 10.9 Å². The maximum Gasteiger partial charge on any atom is 0.289 e. The van der Waals surface area contributed by atoms with Gasteiger partial charge in [-0.05, 0) is 32.4 Å². The van der Waals surface area contributed by atoms with E-state index in [4.69, 9.17) is 16.3 Å². The highest BCUT2D eigenvalue weighted by Gasteiger charge is 2.19. The Morgan fingerprint density at radius 3 is 2.59 bits per heavy atom. The van der Waals surface area contributed by atoms with E-state index in [0.29, 0.717) is 0 Å². The molecule has 2 aromatic heterocycles. The summed E-state index contributed by atoms with van der Waals surface area (Å²) in [7, 11) is 0. The van der Waals surface area contributed by atoms with Crippen molar-refractivity contribution in [1.82, 2.24) is 14.8 Å². The van der Waals surface area contributed by atoms with Crippen LogP contribution in [0.2, 0.25) is 5.02 Å². The zero-order chi connectivity index (χ0) is 16.3. The lowest BCUT2D eigenvalue weighted by molar-refractivity contribution is 0.288. The second-order valence-electron chi connectivity index (χ2n) is 5.79. The predicted molar refractivity (Wildman–Crippen MR) is 89.7 cm³/mol. The molecule has 118 valence electrons. The van der Waals surface area contributed by atoms with Gasteiger partial charge in [-0.25, -0.2) is 4.68 Å². The molecule has 7 heteroatoms. The van der Waals surface area contributed by atoms with Gasteiger partial charge in [-0.3, -0.25) is 9.78 Å². The smallest absolute Gasteiger partial charge is 0.289 e. The van der Waals surface area contributed by atoms with E-state index in [9.17, 15) is 4.79 Å². The van der Waals surface area contributed by atoms with E-state index >= 15 is 0 Å². The molecule has 0 bridgehead atoms. The Bertz CT molecular complexity index is 708. The zero-order valence-electron chi connectivity index (χ0n) is 12.6. The van der Waals surface area contributed by atoms with Gasteiger partial charge in [0.15, 0.2) is 10.8 Å². The third-order valence-electron chi connectivity index (χ3n) is 2.94. The Kier molecular flexibility index (Phi) is 5.24. The zero-order valence-corrected chi connectivity index (χ0v) is 15.0. The number of rotatable bonds is 4. The Balaban J connectivity index is 2.16. The molecule has 2 aromatic rings. The van der Waals surface area contributed by atoms with Crippen LogP contribution in [0, 0.1) is 0 Å². The first-order chi connectivity index (χ1) is 10.3. The van der Waals surface area contributed by atoms with E-state index in [1.54, 1.807) is 6.20 Å². The summed E-state index contributed by atoms with van der Waals surface area (Å²) in [6.07, 6.45) is 3.23. The van der Waals surface area contributed by atoms with Crippen LogP contribution in [-0.2, 0) is 17.5 Å². The van der Waals surface area contributed by atoms with Gasteiger partial charge in [0.25, 0.3) is 5.56 Å². The molecule has 0 N–H and O–H groups in total. The van der Waals surface area contributed by atoms with Crippen LogP contribution in [0.15, 0.2) is 29.3 Å². The summed E-state index contributed by atoms with van der Waals surface area (Å²) in [4.78, 5) is 16.5. The average molecular weight is 387 g/mol. The Morgan fingerprint density at radius 2 is 2.05 bits per heavy atom. The second-order valence-corrected chi connectivity index (χ2v) is 6.73. The van der Waals surface area contributed by atoms with Crippen molar-refractivity contribution in [2.75, 3.05) is 0 Å². The number of hydrogen-bond donors (Lipinski definition) is 0. The average Bonchev–Trinajstić information content (AvgIpc) is 2.48. The van der Waals surface area contributed by atoms with E-state index in [1.807, 2.05) is 32.9 Å². The van der Waals surface area contributed by atoms with E-state index < -0.39 is 5.54 Å².